The predicted octanol–water partition coefficient (Wildman–Crippen LogP) is 1.92. The fourth-order valence-corrected chi connectivity index (χ4v) is 1.72. The molecule has 0 atom stereocenters. The first-order valence-electron chi connectivity index (χ1n) is 5.91. The highest BCUT2D eigenvalue weighted by molar-refractivity contribution is 5.36. The molecule has 0 aliphatic carbocycles. The molecule has 0 aromatic carbocycles. The van der Waals surface area contributed by atoms with Gasteiger partial charge in [-0.1, -0.05) is 6.92 Å². The number of imidazole rings is 1. The second-order valence-corrected chi connectivity index (χ2v) is 4.04. The maximum atomic E-state index is 12.8. The van der Waals surface area contributed by atoms with E-state index in [1.165, 1.54) is 10.8 Å². The molecule has 0 saturated heterocycles. The van der Waals surface area contributed by atoms with Crippen LogP contribution in [0.25, 0.3) is 5.82 Å². The molecule has 6 nitrogen and oxygen atoms in total. The van der Waals surface area contributed by atoms with Gasteiger partial charge in [0.25, 0.3) is 0 Å². The van der Waals surface area contributed by atoms with Gasteiger partial charge < -0.3 is 0 Å². The van der Waals surface area contributed by atoms with Crippen LogP contribution in [0.1, 0.15) is 24.9 Å². The lowest BCUT2D eigenvalue weighted by atomic mass is 10.3. The van der Waals surface area contributed by atoms with Crippen LogP contribution < -0.4 is 11.3 Å². The molecule has 0 fully saturated rings. The fourth-order valence-electron chi connectivity index (χ4n) is 1.72. The quantitative estimate of drug-likeness (QED) is 0.663. The lowest BCUT2D eigenvalue weighted by molar-refractivity contribution is -0.141. The van der Waals surface area contributed by atoms with Crippen molar-refractivity contribution in [2.45, 2.75) is 25.9 Å². The summed E-state index contributed by atoms with van der Waals surface area (Å²) in [6.07, 6.45) is -0.0710. The van der Waals surface area contributed by atoms with E-state index in [4.69, 9.17) is 5.84 Å². The van der Waals surface area contributed by atoms with Crippen molar-refractivity contribution in [2.75, 3.05) is 5.43 Å². The molecule has 0 aliphatic rings. The molecule has 0 aliphatic heterocycles. The van der Waals surface area contributed by atoms with Gasteiger partial charge in [0.05, 0.1) is 0 Å². The van der Waals surface area contributed by atoms with Crippen molar-refractivity contribution < 1.29 is 13.2 Å². The summed E-state index contributed by atoms with van der Waals surface area (Å²) < 4.78 is 39.9. The molecule has 0 unspecified atom stereocenters. The third-order valence-corrected chi connectivity index (χ3v) is 2.57. The highest BCUT2D eigenvalue weighted by Gasteiger charge is 2.34. The average molecular weight is 286 g/mol. The Hall–Kier alpha value is -2.16. The molecule has 0 amide bonds. The van der Waals surface area contributed by atoms with Crippen LogP contribution >= 0.6 is 0 Å². The Balaban J connectivity index is 2.53. The van der Waals surface area contributed by atoms with E-state index < -0.39 is 11.9 Å². The molecule has 20 heavy (non-hydrogen) atoms. The first kappa shape index (κ1) is 14.3. The van der Waals surface area contributed by atoms with Gasteiger partial charge >= 0.3 is 6.18 Å². The van der Waals surface area contributed by atoms with E-state index in [1.54, 1.807) is 6.20 Å². The number of nitrogen functional groups attached to an aromatic ring is 1. The first-order chi connectivity index (χ1) is 9.45. The predicted molar refractivity (Wildman–Crippen MR) is 66.0 cm³/mol. The van der Waals surface area contributed by atoms with Gasteiger partial charge in [0.2, 0.25) is 5.95 Å². The van der Waals surface area contributed by atoms with Crippen molar-refractivity contribution in [2.24, 2.45) is 5.84 Å². The fraction of sp³-hybridized carbons (Fsp3) is 0.364. The zero-order valence-electron chi connectivity index (χ0n) is 10.6. The number of rotatable bonds is 4. The van der Waals surface area contributed by atoms with Crippen LogP contribution in [0.15, 0.2) is 18.5 Å². The van der Waals surface area contributed by atoms with Crippen molar-refractivity contribution in [1.29, 1.82) is 0 Å². The zero-order valence-corrected chi connectivity index (χ0v) is 10.6. The maximum absolute atomic E-state index is 12.8. The Labute approximate surface area is 112 Å². The second kappa shape index (κ2) is 5.45. The van der Waals surface area contributed by atoms with Crippen molar-refractivity contribution in [3.05, 3.63) is 30.0 Å². The molecule has 0 spiro atoms. The molecule has 108 valence electrons. The number of halogens is 3. The van der Waals surface area contributed by atoms with Gasteiger partial charge in [0, 0.05) is 24.9 Å². The second-order valence-electron chi connectivity index (χ2n) is 4.04. The Kier molecular flexibility index (Phi) is 3.89. The van der Waals surface area contributed by atoms with Gasteiger partial charge in [-0.05, 0) is 6.42 Å². The summed E-state index contributed by atoms with van der Waals surface area (Å²) in [6, 6.07) is 0.863. The molecule has 2 aromatic heterocycles. The lowest BCUT2D eigenvalue weighted by Gasteiger charge is -2.11. The van der Waals surface area contributed by atoms with Crippen LogP contribution in [0.2, 0.25) is 0 Å². The van der Waals surface area contributed by atoms with E-state index in [9.17, 15) is 13.2 Å². The van der Waals surface area contributed by atoms with Gasteiger partial charge in [-0.15, -0.1) is 0 Å². The topological polar surface area (TPSA) is 81.7 Å². The number of aryl methyl sites for hydroxylation is 1. The monoisotopic (exact) mass is 286 g/mol. The number of hydrogen-bond donors (Lipinski definition) is 2. The van der Waals surface area contributed by atoms with Crippen molar-refractivity contribution in [1.82, 2.24) is 19.5 Å². The van der Waals surface area contributed by atoms with E-state index in [0.29, 0.717) is 12.2 Å². The van der Waals surface area contributed by atoms with E-state index in [0.717, 1.165) is 12.5 Å². The summed E-state index contributed by atoms with van der Waals surface area (Å²) in [4.78, 5) is 11.3. The van der Waals surface area contributed by atoms with Crippen molar-refractivity contribution in [3.63, 3.8) is 0 Å². The molecule has 3 N–H and O–H groups in total. The summed E-state index contributed by atoms with van der Waals surface area (Å²) in [6.45, 7) is 1.95. The Morgan fingerprint density at radius 2 is 2.10 bits per heavy atom. The largest absolute Gasteiger partial charge is 0.433 e. The Morgan fingerprint density at radius 3 is 2.70 bits per heavy atom. The van der Waals surface area contributed by atoms with Gasteiger partial charge in [-0.3, -0.25) is 9.99 Å². The van der Waals surface area contributed by atoms with Gasteiger partial charge in [0.15, 0.2) is 5.69 Å². The molecular formula is C11H13F3N6. The van der Waals surface area contributed by atoms with Gasteiger partial charge in [-0.25, -0.2) is 15.8 Å². The van der Waals surface area contributed by atoms with E-state index in [2.05, 4.69) is 15.0 Å². The van der Waals surface area contributed by atoms with Crippen LogP contribution in [0.3, 0.4) is 0 Å². The number of anilines is 1. The Morgan fingerprint density at radius 1 is 1.35 bits per heavy atom. The SMILES string of the molecule is CCCc1nccn1-c1cc(C(F)(F)F)nc(NN)n1. The average Bonchev–Trinajstić information content (AvgIpc) is 2.86. The van der Waals surface area contributed by atoms with Crippen LogP contribution in [0.5, 0.6) is 0 Å². The summed E-state index contributed by atoms with van der Waals surface area (Å²) in [7, 11) is 0. The third kappa shape index (κ3) is 2.87. The van der Waals surface area contributed by atoms with E-state index in [-0.39, 0.29) is 11.8 Å². The molecule has 0 saturated carbocycles. The molecule has 9 heteroatoms. The van der Waals surface area contributed by atoms with Crippen molar-refractivity contribution in [3.8, 4) is 5.82 Å². The summed E-state index contributed by atoms with van der Waals surface area (Å²) >= 11 is 0. The molecule has 2 heterocycles. The first-order valence-corrected chi connectivity index (χ1v) is 5.91. The number of alkyl halides is 3. The smallest absolute Gasteiger partial charge is 0.292 e. The summed E-state index contributed by atoms with van der Waals surface area (Å²) in [5, 5.41) is 0. The number of nitrogens with two attached hydrogens (primary N) is 1. The van der Waals surface area contributed by atoms with Gasteiger partial charge in [-0.2, -0.15) is 18.2 Å². The molecule has 2 aromatic rings. The number of hydrazine groups is 1. The minimum absolute atomic E-state index is 0.0706. The normalized spacial score (nSPS) is 11.7. The van der Waals surface area contributed by atoms with E-state index in [1.807, 2.05) is 12.3 Å². The molecular weight excluding hydrogens is 273 g/mol. The minimum Gasteiger partial charge on any atom is -0.292 e. The van der Waals surface area contributed by atoms with Gasteiger partial charge in [0.1, 0.15) is 11.6 Å². The van der Waals surface area contributed by atoms with Crippen LogP contribution in [0.4, 0.5) is 19.1 Å². The molecule has 2 rings (SSSR count). The number of nitrogens with one attached hydrogen (secondary N) is 1. The van der Waals surface area contributed by atoms with E-state index >= 15 is 0 Å². The van der Waals surface area contributed by atoms with Crippen LogP contribution in [-0.4, -0.2) is 19.5 Å². The van der Waals surface area contributed by atoms with Crippen LogP contribution in [-0.2, 0) is 12.6 Å². The number of hydrogen-bond acceptors (Lipinski definition) is 5. The standard InChI is InChI=1S/C11H13F3N6/c1-2-3-8-16-4-5-20(8)9-6-7(11(12,13)14)17-10(18-9)19-15/h4-6H,2-3,15H2,1H3,(H,17,18,19). The molecule has 0 radical (unpaired) electrons. The minimum atomic E-state index is -4.57. The number of aromatic nitrogens is 4. The molecule has 0 bridgehead atoms. The number of nitrogens with zero attached hydrogens (tertiary/aromatic N) is 4. The lowest BCUT2D eigenvalue weighted by Crippen LogP contribution is -2.17. The van der Waals surface area contributed by atoms with Crippen molar-refractivity contribution >= 4 is 5.95 Å². The zero-order chi connectivity index (χ0) is 14.8. The highest BCUT2D eigenvalue weighted by atomic mass is 19.4. The third-order valence-electron chi connectivity index (χ3n) is 2.57. The summed E-state index contributed by atoms with van der Waals surface area (Å²) in [5.74, 6) is 5.51. The van der Waals surface area contributed by atoms with Crippen LogP contribution in [0, 0.1) is 0 Å². The summed E-state index contributed by atoms with van der Waals surface area (Å²) in [5.41, 5.74) is 0.974. The Bertz CT molecular complexity index is 592. The highest BCUT2D eigenvalue weighted by Crippen LogP contribution is 2.29. The maximum Gasteiger partial charge on any atom is 0.433 e.